The van der Waals surface area contributed by atoms with Gasteiger partial charge in [0.05, 0.1) is 13.2 Å². The fourth-order valence-corrected chi connectivity index (χ4v) is 5.89. The van der Waals surface area contributed by atoms with Gasteiger partial charge in [-0.05, 0) is 71.6 Å². The van der Waals surface area contributed by atoms with E-state index in [9.17, 15) is 14.4 Å². The number of carbonyl (C=O) groups excluding carboxylic acids is 3. The molecule has 2 unspecified atom stereocenters. The number of carbonyl (C=O) groups is 3. The molecule has 0 fully saturated rings. The lowest BCUT2D eigenvalue weighted by Crippen LogP contribution is -2.36. The van der Waals surface area contributed by atoms with Gasteiger partial charge < -0.3 is 23.8 Å². The zero-order chi connectivity index (χ0) is 36.6. The van der Waals surface area contributed by atoms with E-state index < -0.39 is 11.7 Å². The standard InChI is InChI=1S/C41H79NO7/c1-8-11-14-16-17-20-24-29-37(48-39(44)35-46-33-32-42(7)40(45)49-41(4,5)6)30-25-21-18-19-22-26-31-38(43)47-34-36(27-13-10-3)28-23-15-12-9-2/h36-37H,8-35H2,1-7H3. The highest BCUT2D eigenvalue weighted by Gasteiger charge is 2.20. The Morgan fingerprint density at radius 2 is 1.10 bits per heavy atom. The molecule has 0 rings (SSSR count). The van der Waals surface area contributed by atoms with Crippen molar-refractivity contribution in [3.05, 3.63) is 0 Å². The number of nitrogens with zero attached hydrogens (tertiary/aromatic N) is 1. The number of esters is 2. The van der Waals surface area contributed by atoms with Gasteiger partial charge in [-0.1, -0.05) is 124 Å². The van der Waals surface area contributed by atoms with Gasteiger partial charge in [-0.3, -0.25) is 4.79 Å². The predicted octanol–water partition coefficient (Wildman–Crippen LogP) is 11.4. The number of unbranched alkanes of at least 4 members (excludes halogenated alkanes) is 15. The Kier molecular flexibility index (Phi) is 30.9. The molecule has 0 aromatic rings. The monoisotopic (exact) mass is 698 g/mol. The third-order valence-corrected chi connectivity index (χ3v) is 8.99. The molecular weight excluding hydrogens is 618 g/mol. The lowest BCUT2D eigenvalue weighted by atomic mass is 9.96. The highest BCUT2D eigenvalue weighted by molar-refractivity contribution is 5.71. The van der Waals surface area contributed by atoms with E-state index in [1.54, 1.807) is 7.05 Å². The van der Waals surface area contributed by atoms with Crippen molar-refractivity contribution in [2.45, 2.75) is 207 Å². The van der Waals surface area contributed by atoms with E-state index >= 15 is 0 Å². The molecule has 0 bridgehead atoms. The highest BCUT2D eigenvalue weighted by Crippen LogP contribution is 2.20. The van der Waals surface area contributed by atoms with Crippen molar-refractivity contribution >= 4 is 18.0 Å². The van der Waals surface area contributed by atoms with Crippen LogP contribution in [0.2, 0.25) is 0 Å². The Morgan fingerprint density at radius 3 is 1.67 bits per heavy atom. The van der Waals surface area contributed by atoms with Crippen LogP contribution in [0.25, 0.3) is 0 Å². The summed E-state index contributed by atoms with van der Waals surface area (Å²) in [4.78, 5) is 38.5. The zero-order valence-corrected chi connectivity index (χ0v) is 33.3. The summed E-state index contributed by atoms with van der Waals surface area (Å²) in [5.74, 6) is 0.136. The second-order valence-electron chi connectivity index (χ2n) is 15.2. The minimum Gasteiger partial charge on any atom is -0.465 e. The van der Waals surface area contributed by atoms with Gasteiger partial charge in [-0.25, -0.2) is 9.59 Å². The quantitative estimate of drug-likeness (QED) is 0.0383. The molecule has 2 atom stereocenters. The first-order valence-corrected chi connectivity index (χ1v) is 20.4. The molecule has 0 aliphatic carbocycles. The number of hydrogen-bond donors (Lipinski definition) is 0. The number of likely N-dealkylation sites (N-methyl/N-ethyl adjacent to an activating group) is 1. The molecule has 0 aliphatic rings. The van der Waals surface area contributed by atoms with Crippen LogP contribution in [-0.2, 0) is 28.5 Å². The van der Waals surface area contributed by atoms with Crippen molar-refractivity contribution in [3.63, 3.8) is 0 Å². The van der Waals surface area contributed by atoms with Crippen LogP contribution in [0.1, 0.15) is 196 Å². The van der Waals surface area contributed by atoms with Crippen molar-refractivity contribution in [2.24, 2.45) is 5.92 Å². The van der Waals surface area contributed by atoms with E-state index in [1.165, 1.54) is 88.4 Å². The van der Waals surface area contributed by atoms with Gasteiger partial charge in [-0.2, -0.15) is 0 Å². The Hall–Kier alpha value is -1.83. The summed E-state index contributed by atoms with van der Waals surface area (Å²) in [5.41, 5.74) is -0.555. The molecule has 49 heavy (non-hydrogen) atoms. The molecule has 1 amide bonds. The van der Waals surface area contributed by atoms with Crippen molar-refractivity contribution in [3.8, 4) is 0 Å². The molecule has 8 nitrogen and oxygen atoms in total. The molecule has 0 heterocycles. The van der Waals surface area contributed by atoms with Gasteiger partial charge in [0.2, 0.25) is 0 Å². The average Bonchev–Trinajstić information content (AvgIpc) is 3.05. The minimum absolute atomic E-state index is 0.0379. The van der Waals surface area contributed by atoms with Crippen molar-refractivity contribution < 1.29 is 33.3 Å². The molecule has 0 radical (unpaired) electrons. The third-order valence-electron chi connectivity index (χ3n) is 8.99. The summed E-state index contributed by atoms with van der Waals surface area (Å²) in [5, 5.41) is 0. The summed E-state index contributed by atoms with van der Waals surface area (Å²) in [6, 6.07) is 0. The van der Waals surface area contributed by atoms with Crippen LogP contribution in [0.3, 0.4) is 0 Å². The van der Waals surface area contributed by atoms with Crippen molar-refractivity contribution in [1.29, 1.82) is 0 Å². The Bertz CT molecular complexity index is 797. The summed E-state index contributed by atoms with van der Waals surface area (Å²) in [7, 11) is 1.66. The summed E-state index contributed by atoms with van der Waals surface area (Å²) in [6.45, 7) is 13.2. The van der Waals surface area contributed by atoms with E-state index in [0.717, 1.165) is 64.2 Å². The molecule has 0 saturated carbocycles. The summed E-state index contributed by atoms with van der Waals surface area (Å²) in [6.07, 6.45) is 26.5. The van der Waals surface area contributed by atoms with Crippen LogP contribution in [0.5, 0.6) is 0 Å². The molecular formula is C41H79NO7. The van der Waals surface area contributed by atoms with E-state index in [-0.39, 0.29) is 31.3 Å². The second-order valence-corrected chi connectivity index (χ2v) is 15.2. The zero-order valence-electron chi connectivity index (χ0n) is 33.3. The third kappa shape index (κ3) is 31.9. The fourth-order valence-electron chi connectivity index (χ4n) is 5.89. The number of hydrogen-bond acceptors (Lipinski definition) is 7. The van der Waals surface area contributed by atoms with E-state index in [2.05, 4.69) is 20.8 Å². The Morgan fingerprint density at radius 1 is 0.612 bits per heavy atom. The summed E-state index contributed by atoms with van der Waals surface area (Å²) >= 11 is 0. The number of amides is 1. The van der Waals surface area contributed by atoms with E-state index in [0.29, 0.717) is 25.5 Å². The normalized spacial score (nSPS) is 12.8. The maximum absolute atomic E-state index is 12.6. The Labute approximate surface area is 302 Å². The van der Waals surface area contributed by atoms with Crippen LogP contribution >= 0.6 is 0 Å². The second kappa shape index (κ2) is 32.1. The number of ether oxygens (including phenoxy) is 4. The smallest absolute Gasteiger partial charge is 0.410 e. The largest absolute Gasteiger partial charge is 0.465 e. The van der Waals surface area contributed by atoms with Gasteiger partial charge >= 0.3 is 18.0 Å². The molecule has 0 aromatic heterocycles. The first kappa shape index (κ1) is 47.2. The molecule has 0 N–H and O–H groups in total. The van der Waals surface area contributed by atoms with Crippen LogP contribution in [0, 0.1) is 5.92 Å². The van der Waals surface area contributed by atoms with Crippen LogP contribution in [0.4, 0.5) is 4.79 Å². The minimum atomic E-state index is -0.555. The van der Waals surface area contributed by atoms with Gasteiger partial charge in [0.15, 0.2) is 0 Å². The number of rotatable bonds is 33. The summed E-state index contributed by atoms with van der Waals surface area (Å²) < 4.78 is 22.4. The molecule has 290 valence electrons. The molecule has 0 aliphatic heterocycles. The molecule has 0 spiro atoms. The van der Waals surface area contributed by atoms with E-state index in [4.69, 9.17) is 18.9 Å². The van der Waals surface area contributed by atoms with Gasteiger partial charge in [0, 0.05) is 20.0 Å². The van der Waals surface area contributed by atoms with Gasteiger partial charge in [0.25, 0.3) is 0 Å². The first-order chi connectivity index (χ1) is 23.5. The van der Waals surface area contributed by atoms with E-state index in [1.807, 2.05) is 20.8 Å². The van der Waals surface area contributed by atoms with Gasteiger partial charge in [-0.15, -0.1) is 0 Å². The van der Waals surface area contributed by atoms with Crippen LogP contribution < -0.4 is 0 Å². The lowest BCUT2D eigenvalue weighted by Gasteiger charge is -2.24. The van der Waals surface area contributed by atoms with Crippen molar-refractivity contribution in [1.82, 2.24) is 4.90 Å². The Balaban J connectivity index is 4.36. The predicted molar refractivity (Wildman–Crippen MR) is 202 cm³/mol. The SMILES string of the molecule is CCCCCCCCCC(CCCCCCCCC(=O)OCC(CCCC)CCCCCC)OC(=O)COCCN(C)C(=O)OC(C)(C)C. The average molecular weight is 698 g/mol. The van der Waals surface area contributed by atoms with Crippen LogP contribution in [-0.4, -0.2) is 68.0 Å². The van der Waals surface area contributed by atoms with Crippen LogP contribution in [0.15, 0.2) is 0 Å². The van der Waals surface area contributed by atoms with Gasteiger partial charge in [0.1, 0.15) is 18.3 Å². The topological polar surface area (TPSA) is 91.4 Å². The maximum atomic E-state index is 12.6. The molecule has 8 heteroatoms. The molecule has 0 saturated heterocycles. The molecule has 0 aromatic carbocycles. The first-order valence-electron chi connectivity index (χ1n) is 20.4. The maximum Gasteiger partial charge on any atom is 0.410 e. The van der Waals surface area contributed by atoms with Crippen molar-refractivity contribution in [2.75, 3.05) is 33.4 Å². The fraction of sp³-hybridized carbons (Fsp3) is 0.927. The highest BCUT2D eigenvalue weighted by atomic mass is 16.6. The lowest BCUT2D eigenvalue weighted by molar-refractivity contribution is -0.155.